The van der Waals surface area contributed by atoms with Gasteiger partial charge in [0.1, 0.15) is 5.52 Å². The van der Waals surface area contributed by atoms with Crippen LogP contribution in [0.25, 0.3) is 10.2 Å². The molecule has 29 heavy (non-hydrogen) atoms. The van der Waals surface area contributed by atoms with E-state index in [1.807, 2.05) is 0 Å². The Bertz CT molecular complexity index is 1200. The van der Waals surface area contributed by atoms with Crippen molar-refractivity contribution in [3.8, 4) is 5.75 Å². The van der Waals surface area contributed by atoms with E-state index in [0.29, 0.717) is 10.2 Å². The molecule has 1 aromatic heterocycles. The lowest BCUT2D eigenvalue weighted by molar-refractivity contribution is -0.384. The molecule has 2 aromatic carbocycles. The molecule has 3 rings (SSSR count). The smallest absolute Gasteiger partial charge is 0.274 e. The van der Waals surface area contributed by atoms with Gasteiger partial charge in [-0.25, -0.2) is 13.4 Å². The van der Waals surface area contributed by atoms with Crippen molar-refractivity contribution in [2.75, 3.05) is 12.4 Å². The SMILES string of the molecule is COc1cc([N+](=O)[O-])cc2sc(NC(=O)c3ccc(S(=O)(=O)C(C)C)cc3)nc12. The monoisotopic (exact) mass is 435 g/mol. The summed E-state index contributed by atoms with van der Waals surface area (Å²) in [5.74, 6) is -0.250. The minimum absolute atomic E-state index is 0.140. The van der Waals surface area contributed by atoms with Gasteiger partial charge in [-0.15, -0.1) is 0 Å². The van der Waals surface area contributed by atoms with Gasteiger partial charge in [-0.1, -0.05) is 11.3 Å². The molecule has 1 N–H and O–H groups in total. The summed E-state index contributed by atoms with van der Waals surface area (Å²) in [7, 11) is -2.05. The fraction of sp³-hybridized carbons (Fsp3) is 0.222. The molecule has 0 unspecified atom stereocenters. The first-order chi connectivity index (χ1) is 13.6. The number of fused-ring (bicyclic) bond motifs is 1. The summed E-state index contributed by atoms with van der Waals surface area (Å²) in [5.41, 5.74) is 0.513. The number of nitrogens with one attached hydrogen (secondary N) is 1. The second-order valence-corrected chi connectivity index (χ2v) is 9.88. The van der Waals surface area contributed by atoms with Crippen LogP contribution >= 0.6 is 11.3 Å². The maximum atomic E-state index is 12.5. The molecule has 11 heteroatoms. The van der Waals surface area contributed by atoms with Crippen LogP contribution in [0.5, 0.6) is 5.75 Å². The van der Waals surface area contributed by atoms with Crippen LogP contribution in [0.1, 0.15) is 24.2 Å². The van der Waals surface area contributed by atoms with E-state index < -0.39 is 25.9 Å². The number of benzene rings is 2. The van der Waals surface area contributed by atoms with E-state index in [1.54, 1.807) is 13.8 Å². The molecule has 9 nitrogen and oxygen atoms in total. The average molecular weight is 435 g/mol. The Morgan fingerprint density at radius 2 is 1.90 bits per heavy atom. The van der Waals surface area contributed by atoms with Crippen LogP contribution in [0, 0.1) is 10.1 Å². The molecule has 152 valence electrons. The summed E-state index contributed by atoms with van der Waals surface area (Å²) >= 11 is 1.07. The van der Waals surface area contributed by atoms with Crippen molar-refractivity contribution in [3.63, 3.8) is 0 Å². The van der Waals surface area contributed by atoms with Crippen LogP contribution in [0.3, 0.4) is 0 Å². The first-order valence-electron chi connectivity index (χ1n) is 8.41. The first-order valence-corrected chi connectivity index (χ1v) is 10.8. The Hall–Kier alpha value is -3.05. The minimum Gasteiger partial charge on any atom is -0.494 e. The van der Waals surface area contributed by atoms with Gasteiger partial charge < -0.3 is 4.74 Å². The predicted octanol–water partition coefficient (Wildman–Crippen LogP) is 3.65. The highest BCUT2D eigenvalue weighted by atomic mass is 32.2. The highest BCUT2D eigenvalue weighted by molar-refractivity contribution is 7.92. The number of amides is 1. The number of aromatic nitrogens is 1. The quantitative estimate of drug-likeness (QED) is 0.462. The minimum atomic E-state index is -3.43. The number of hydrogen-bond donors (Lipinski definition) is 1. The van der Waals surface area contributed by atoms with E-state index in [9.17, 15) is 23.3 Å². The number of non-ortho nitro benzene ring substituents is 1. The van der Waals surface area contributed by atoms with E-state index in [0.717, 1.165) is 11.3 Å². The molecule has 3 aromatic rings. The molecule has 0 bridgehead atoms. The Morgan fingerprint density at radius 1 is 1.24 bits per heavy atom. The van der Waals surface area contributed by atoms with Crippen LogP contribution in [0.2, 0.25) is 0 Å². The van der Waals surface area contributed by atoms with Crippen molar-refractivity contribution in [1.29, 1.82) is 0 Å². The molecule has 0 aliphatic heterocycles. The zero-order valence-electron chi connectivity index (χ0n) is 15.7. The molecule has 0 atom stereocenters. The lowest BCUT2D eigenvalue weighted by Gasteiger charge is -2.08. The number of thiazole rings is 1. The van der Waals surface area contributed by atoms with Crippen molar-refractivity contribution < 1.29 is 22.9 Å². The van der Waals surface area contributed by atoms with Crippen LogP contribution in [0.15, 0.2) is 41.3 Å². The van der Waals surface area contributed by atoms with Crippen molar-refractivity contribution >= 4 is 48.1 Å². The zero-order chi connectivity index (χ0) is 21.3. The normalized spacial score (nSPS) is 11.6. The average Bonchev–Trinajstić information content (AvgIpc) is 3.09. The fourth-order valence-electron chi connectivity index (χ4n) is 2.54. The Kier molecular flexibility index (Phi) is 5.53. The molecule has 0 saturated heterocycles. The van der Waals surface area contributed by atoms with Gasteiger partial charge in [0, 0.05) is 11.6 Å². The zero-order valence-corrected chi connectivity index (χ0v) is 17.3. The van der Waals surface area contributed by atoms with Gasteiger partial charge in [0.15, 0.2) is 20.7 Å². The number of nitrogens with zero attached hydrogens (tertiary/aromatic N) is 2. The van der Waals surface area contributed by atoms with Crippen molar-refractivity contribution in [2.45, 2.75) is 24.0 Å². The molecule has 0 aliphatic carbocycles. The first kappa shape index (κ1) is 20.7. The van der Waals surface area contributed by atoms with Crippen molar-refractivity contribution in [1.82, 2.24) is 4.98 Å². The number of rotatable bonds is 6. The standard InChI is InChI=1S/C18H17N3O6S2/c1-10(2)29(25,26)13-6-4-11(5-7-13)17(22)20-18-19-16-14(27-3)8-12(21(23)24)9-15(16)28-18/h4-10H,1-3H3,(H,19,20,22). The van der Waals surface area contributed by atoms with Gasteiger partial charge in [0.25, 0.3) is 11.6 Å². The van der Waals surface area contributed by atoms with E-state index in [4.69, 9.17) is 4.74 Å². The van der Waals surface area contributed by atoms with E-state index in [2.05, 4.69) is 10.3 Å². The van der Waals surface area contributed by atoms with Gasteiger partial charge in [-0.3, -0.25) is 20.2 Å². The number of nitro benzene ring substituents is 1. The summed E-state index contributed by atoms with van der Waals surface area (Å²) in [4.78, 5) is 27.4. The van der Waals surface area contributed by atoms with Gasteiger partial charge in [-0.05, 0) is 38.1 Å². The number of carbonyl (C=O) groups excluding carboxylic acids is 1. The number of carbonyl (C=O) groups is 1. The predicted molar refractivity (Wildman–Crippen MR) is 110 cm³/mol. The summed E-state index contributed by atoms with van der Waals surface area (Å²) in [6.45, 7) is 3.17. The second kappa shape index (κ2) is 7.76. The summed E-state index contributed by atoms with van der Waals surface area (Å²) in [6.07, 6.45) is 0. The Morgan fingerprint density at radius 3 is 2.45 bits per heavy atom. The second-order valence-electron chi connectivity index (χ2n) is 6.34. The largest absolute Gasteiger partial charge is 0.494 e. The van der Waals surface area contributed by atoms with Crippen LogP contribution in [-0.2, 0) is 9.84 Å². The maximum Gasteiger partial charge on any atom is 0.274 e. The molecular formula is C18H17N3O6S2. The number of hydrogen-bond acceptors (Lipinski definition) is 8. The number of methoxy groups -OCH3 is 1. The highest BCUT2D eigenvalue weighted by Crippen LogP contribution is 2.36. The molecule has 0 aliphatic rings. The molecule has 1 amide bonds. The van der Waals surface area contributed by atoms with E-state index >= 15 is 0 Å². The third-order valence-corrected chi connectivity index (χ3v) is 7.25. The van der Waals surface area contributed by atoms with Crippen LogP contribution in [0.4, 0.5) is 10.8 Å². The van der Waals surface area contributed by atoms with E-state index in [-0.39, 0.29) is 27.0 Å². The van der Waals surface area contributed by atoms with Crippen LogP contribution < -0.4 is 10.1 Å². The summed E-state index contributed by atoms with van der Waals surface area (Å²) in [6, 6.07) is 8.23. The molecule has 0 saturated carbocycles. The molecular weight excluding hydrogens is 418 g/mol. The summed E-state index contributed by atoms with van der Waals surface area (Å²) < 4.78 is 30.0. The van der Waals surface area contributed by atoms with Gasteiger partial charge >= 0.3 is 0 Å². The number of ether oxygens (including phenoxy) is 1. The maximum absolute atomic E-state index is 12.5. The van der Waals surface area contributed by atoms with Gasteiger partial charge in [0.05, 0.1) is 32.9 Å². The number of sulfone groups is 1. The topological polar surface area (TPSA) is 128 Å². The van der Waals surface area contributed by atoms with E-state index in [1.165, 1.54) is 43.5 Å². The Balaban J connectivity index is 1.87. The number of anilines is 1. The van der Waals surface area contributed by atoms with Crippen molar-refractivity contribution in [3.05, 3.63) is 52.1 Å². The van der Waals surface area contributed by atoms with Gasteiger partial charge in [0.2, 0.25) is 0 Å². The fourth-order valence-corrected chi connectivity index (χ4v) is 4.51. The lowest BCUT2D eigenvalue weighted by atomic mass is 10.2. The lowest BCUT2D eigenvalue weighted by Crippen LogP contribution is -2.15. The molecule has 1 heterocycles. The summed E-state index contributed by atoms with van der Waals surface area (Å²) in [5, 5.41) is 13.3. The van der Waals surface area contributed by atoms with Crippen LogP contribution in [-0.4, -0.2) is 36.6 Å². The third-order valence-electron chi connectivity index (χ3n) is 4.16. The number of nitro groups is 1. The molecule has 0 spiro atoms. The molecule has 0 radical (unpaired) electrons. The highest BCUT2D eigenvalue weighted by Gasteiger charge is 2.20. The third kappa shape index (κ3) is 4.05. The Labute approximate surface area is 170 Å². The van der Waals surface area contributed by atoms with Crippen molar-refractivity contribution in [2.24, 2.45) is 0 Å². The van der Waals surface area contributed by atoms with Gasteiger partial charge in [-0.2, -0.15) is 0 Å². The molecule has 0 fully saturated rings.